The van der Waals surface area contributed by atoms with E-state index in [1.807, 2.05) is 32.0 Å². The van der Waals surface area contributed by atoms with E-state index in [9.17, 15) is 4.79 Å². The van der Waals surface area contributed by atoms with Gasteiger partial charge in [-0.15, -0.1) is 0 Å². The number of benzene rings is 1. The quantitative estimate of drug-likeness (QED) is 0.795. The first kappa shape index (κ1) is 13.5. The fraction of sp³-hybridized carbons (Fsp3) is 0.462. The minimum absolute atomic E-state index is 0.00666. The maximum absolute atomic E-state index is 11.1. The number of rotatable bonds is 5. The Hall–Kier alpha value is -1.55. The summed E-state index contributed by atoms with van der Waals surface area (Å²) in [5.74, 6) is 0.325. The minimum atomic E-state index is -0.358. The molecule has 0 aliphatic heterocycles. The second-order valence-electron chi connectivity index (χ2n) is 3.91. The zero-order valence-electron chi connectivity index (χ0n) is 10.5. The Morgan fingerprint density at radius 2 is 2.18 bits per heavy atom. The monoisotopic (exact) mass is 237 g/mol. The van der Waals surface area contributed by atoms with Crippen molar-refractivity contribution in [3.63, 3.8) is 0 Å². The number of ether oxygens (including phenoxy) is 2. The molecule has 0 aliphatic carbocycles. The van der Waals surface area contributed by atoms with Crippen molar-refractivity contribution >= 4 is 5.97 Å². The van der Waals surface area contributed by atoms with E-state index < -0.39 is 0 Å². The van der Waals surface area contributed by atoms with Crippen LogP contribution in [0.2, 0.25) is 0 Å². The fourth-order valence-corrected chi connectivity index (χ4v) is 1.46. The van der Waals surface area contributed by atoms with Crippen LogP contribution in [0.4, 0.5) is 0 Å². The molecular weight excluding hydrogens is 218 g/mol. The lowest BCUT2D eigenvalue weighted by Crippen LogP contribution is -2.15. The lowest BCUT2D eigenvalue weighted by molar-refractivity contribution is -0.145. The van der Waals surface area contributed by atoms with Crippen LogP contribution in [0.25, 0.3) is 0 Å². The summed E-state index contributed by atoms with van der Waals surface area (Å²) in [7, 11) is 0. The normalized spacial score (nSPS) is 12.0. The largest absolute Gasteiger partial charge is 0.482 e. The maximum Gasteiger partial charge on any atom is 0.344 e. The van der Waals surface area contributed by atoms with Gasteiger partial charge in [0.25, 0.3) is 0 Å². The van der Waals surface area contributed by atoms with Crippen LogP contribution in [-0.4, -0.2) is 19.2 Å². The van der Waals surface area contributed by atoms with Crippen molar-refractivity contribution in [3.8, 4) is 5.75 Å². The third kappa shape index (κ3) is 4.07. The van der Waals surface area contributed by atoms with E-state index in [-0.39, 0.29) is 18.6 Å². The summed E-state index contributed by atoms with van der Waals surface area (Å²) >= 11 is 0. The molecule has 0 aliphatic rings. The first-order valence-electron chi connectivity index (χ1n) is 5.69. The highest BCUT2D eigenvalue weighted by molar-refractivity contribution is 5.71. The van der Waals surface area contributed by atoms with Gasteiger partial charge in [-0.1, -0.05) is 12.1 Å². The van der Waals surface area contributed by atoms with Gasteiger partial charge in [-0.2, -0.15) is 0 Å². The number of esters is 1. The van der Waals surface area contributed by atoms with Crippen LogP contribution in [0.15, 0.2) is 18.2 Å². The molecule has 0 saturated carbocycles. The van der Waals surface area contributed by atoms with Gasteiger partial charge in [-0.3, -0.25) is 0 Å². The summed E-state index contributed by atoms with van der Waals surface area (Å²) < 4.78 is 10.2. The van der Waals surface area contributed by atoms with Gasteiger partial charge in [0.05, 0.1) is 6.61 Å². The second kappa shape index (κ2) is 6.25. The molecule has 0 spiro atoms. The van der Waals surface area contributed by atoms with E-state index in [2.05, 4.69) is 0 Å². The molecule has 1 rings (SSSR count). The molecule has 0 unspecified atom stereocenters. The van der Waals surface area contributed by atoms with Crippen LogP contribution in [0.5, 0.6) is 5.75 Å². The van der Waals surface area contributed by atoms with E-state index in [0.717, 1.165) is 11.1 Å². The number of nitrogens with two attached hydrogens (primary N) is 1. The molecule has 0 saturated heterocycles. The topological polar surface area (TPSA) is 61.5 Å². The van der Waals surface area contributed by atoms with Gasteiger partial charge in [0.2, 0.25) is 0 Å². The molecule has 0 radical (unpaired) electrons. The molecule has 1 aromatic carbocycles. The number of aryl methyl sites for hydroxylation is 1. The third-order valence-electron chi connectivity index (χ3n) is 2.38. The molecule has 1 aromatic rings. The Kier molecular flexibility index (Phi) is 4.97. The zero-order valence-corrected chi connectivity index (χ0v) is 10.5. The van der Waals surface area contributed by atoms with Crippen LogP contribution in [0.3, 0.4) is 0 Å². The highest BCUT2D eigenvalue weighted by Crippen LogP contribution is 2.21. The maximum atomic E-state index is 11.1. The Labute approximate surface area is 102 Å². The van der Waals surface area contributed by atoms with Crippen LogP contribution >= 0.6 is 0 Å². The SMILES string of the molecule is CCOC(=O)COc1ccc([C@H](C)N)cc1C. The van der Waals surface area contributed by atoms with Crippen molar-refractivity contribution in [2.75, 3.05) is 13.2 Å². The summed E-state index contributed by atoms with van der Waals surface area (Å²) in [5.41, 5.74) is 7.79. The second-order valence-corrected chi connectivity index (χ2v) is 3.91. The lowest BCUT2D eigenvalue weighted by atomic mass is 10.1. The van der Waals surface area contributed by atoms with Crippen molar-refractivity contribution in [1.29, 1.82) is 0 Å². The van der Waals surface area contributed by atoms with E-state index in [1.54, 1.807) is 6.92 Å². The van der Waals surface area contributed by atoms with E-state index in [4.69, 9.17) is 15.2 Å². The van der Waals surface area contributed by atoms with E-state index in [1.165, 1.54) is 0 Å². The van der Waals surface area contributed by atoms with Crippen molar-refractivity contribution < 1.29 is 14.3 Å². The van der Waals surface area contributed by atoms with Crippen molar-refractivity contribution in [3.05, 3.63) is 29.3 Å². The Morgan fingerprint density at radius 3 is 2.71 bits per heavy atom. The molecule has 0 heterocycles. The molecule has 4 nitrogen and oxygen atoms in total. The summed E-state index contributed by atoms with van der Waals surface area (Å²) in [6, 6.07) is 5.68. The van der Waals surface area contributed by atoms with Crippen molar-refractivity contribution in [2.45, 2.75) is 26.8 Å². The standard InChI is InChI=1S/C13H19NO3/c1-4-16-13(15)8-17-12-6-5-11(10(3)14)7-9(12)2/h5-7,10H,4,8,14H2,1-3H3/t10-/m0/s1. The molecule has 4 heteroatoms. The smallest absolute Gasteiger partial charge is 0.344 e. The van der Waals surface area contributed by atoms with Gasteiger partial charge in [0.15, 0.2) is 6.61 Å². The minimum Gasteiger partial charge on any atom is -0.482 e. The Bertz CT molecular complexity index is 388. The predicted molar refractivity (Wildman–Crippen MR) is 65.9 cm³/mol. The van der Waals surface area contributed by atoms with Gasteiger partial charge in [0, 0.05) is 6.04 Å². The number of hydrogen-bond donors (Lipinski definition) is 1. The molecular formula is C13H19NO3. The number of hydrogen-bond acceptors (Lipinski definition) is 4. The Balaban J connectivity index is 2.63. The predicted octanol–water partition coefficient (Wildman–Crippen LogP) is 1.96. The molecule has 1 atom stereocenters. The summed E-state index contributed by atoms with van der Waals surface area (Å²) in [6.45, 7) is 5.91. The van der Waals surface area contributed by atoms with Crippen molar-refractivity contribution in [1.82, 2.24) is 0 Å². The molecule has 94 valence electrons. The van der Waals surface area contributed by atoms with Gasteiger partial charge in [-0.25, -0.2) is 4.79 Å². The lowest BCUT2D eigenvalue weighted by Gasteiger charge is -2.11. The van der Waals surface area contributed by atoms with Crippen molar-refractivity contribution in [2.24, 2.45) is 5.73 Å². The summed E-state index contributed by atoms with van der Waals surface area (Å²) in [4.78, 5) is 11.1. The molecule has 0 aromatic heterocycles. The third-order valence-corrected chi connectivity index (χ3v) is 2.38. The first-order valence-corrected chi connectivity index (χ1v) is 5.69. The number of carbonyl (C=O) groups is 1. The molecule has 0 amide bonds. The van der Waals surface area contributed by atoms with E-state index >= 15 is 0 Å². The number of carbonyl (C=O) groups excluding carboxylic acids is 1. The summed E-state index contributed by atoms with van der Waals surface area (Å²) in [5, 5.41) is 0. The van der Waals surface area contributed by atoms with Gasteiger partial charge < -0.3 is 15.2 Å². The average molecular weight is 237 g/mol. The molecule has 17 heavy (non-hydrogen) atoms. The highest BCUT2D eigenvalue weighted by Gasteiger charge is 2.07. The molecule has 0 fully saturated rings. The van der Waals surface area contributed by atoms with Gasteiger partial charge >= 0.3 is 5.97 Å². The van der Waals surface area contributed by atoms with Crippen LogP contribution in [0.1, 0.15) is 31.0 Å². The van der Waals surface area contributed by atoms with Gasteiger partial charge in [0.1, 0.15) is 5.75 Å². The van der Waals surface area contributed by atoms with Crippen LogP contribution in [-0.2, 0) is 9.53 Å². The van der Waals surface area contributed by atoms with E-state index in [0.29, 0.717) is 12.4 Å². The summed E-state index contributed by atoms with van der Waals surface area (Å²) in [6.07, 6.45) is 0. The zero-order chi connectivity index (χ0) is 12.8. The average Bonchev–Trinajstić information content (AvgIpc) is 2.27. The van der Waals surface area contributed by atoms with Crippen LogP contribution in [0, 0.1) is 6.92 Å². The first-order chi connectivity index (χ1) is 8.04. The molecule has 0 bridgehead atoms. The Morgan fingerprint density at radius 1 is 1.47 bits per heavy atom. The fourth-order valence-electron chi connectivity index (χ4n) is 1.46. The van der Waals surface area contributed by atoms with Gasteiger partial charge in [-0.05, 0) is 38.0 Å². The molecule has 2 N–H and O–H groups in total. The van der Waals surface area contributed by atoms with Crippen LogP contribution < -0.4 is 10.5 Å². The highest BCUT2D eigenvalue weighted by atomic mass is 16.6.